The number of anilines is 1. The average molecular weight is 369 g/mol. The minimum Gasteiger partial charge on any atom is -0.378 e. The Hall–Kier alpha value is -2.01. The van der Waals surface area contributed by atoms with Crippen LogP contribution < -0.4 is 15.5 Å². The first kappa shape index (κ1) is 18.4. The number of hydrogen-bond acceptors (Lipinski definition) is 3. The third-order valence-electron chi connectivity index (χ3n) is 6.53. The van der Waals surface area contributed by atoms with Crippen molar-refractivity contribution in [1.29, 1.82) is 0 Å². The first-order valence-corrected chi connectivity index (χ1v) is 10.3. The smallest absolute Gasteiger partial charge is 0.191 e. The van der Waals surface area contributed by atoms with Gasteiger partial charge in [0, 0.05) is 50.4 Å². The molecule has 0 saturated heterocycles. The molecule has 0 aromatic heterocycles. The average Bonchev–Trinajstić information content (AvgIpc) is 3.17. The van der Waals surface area contributed by atoms with Crippen molar-refractivity contribution >= 4 is 11.6 Å². The predicted octanol–water partition coefficient (Wildman–Crippen LogP) is 3.08. The minimum absolute atomic E-state index is 0.344. The number of benzene rings is 1. The van der Waals surface area contributed by atoms with Gasteiger partial charge in [-0.2, -0.15) is 0 Å². The Bertz CT molecular complexity index is 702. The largest absolute Gasteiger partial charge is 0.378 e. The summed E-state index contributed by atoms with van der Waals surface area (Å²) < 4.78 is 5.96. The van der Waals surface area contributed by atoms with E-state index < -0.39 is 0 Å². The molecule has 3 aliphatic rings. The van der Waals surface area contributed by atoms with Crippen LogP contribution in [0.3, 0.4) is 0 Å². The Morgan fingerprint density at radius 3 is 2.78 bits per heavy atom. The minimum atomic E-state index is 0.344. The van der Waals surface area contributed by atoms with E-state index in [1.807, 2.05) is 7.05 Å². The molecule has 2 unspecified atom stereocenters. The zero-order valence-electron chi connectivity index (χ0n) is 16.6. The van der Waals surface area contributed by atoms with Gasteiger partial charge in [-0.15, -0.1) is 0 Å². The SMILES string of the molecule is CCOC1CC(NC(=NC)NCc2cccc(N3CC=CC3)c2)C12CCC2. The molecular weight excluding hydrogens is 336 g/mol. The predicted molar refractivity (Wildman–Crippen MR) is 111 cm³/mol. The molecule has 2 saturated carbocycles. The van der Waals surface area contributed by atoms with E-state index in [2.05, 4.69) is 63.9 Å². The molecule has 2 N–H and O–H groups in total. The van der Waals surface area contributed by atoms with E-state index in [-0.39, 0.29) is 0 Å². The lowest BCUT2D eigenvalue weighted by Crippen LogP contribution is -2.68. The summed E-state index contributed by atoms with van der Waals surface area (Å²) in [6, 6.07) is 9.26. The van der Waals surface area contributed by atoms with Crippen LogP contribution in [-0.2, 0) is 11.3 Å². The number of rotatable bonds is 6. The number of guanidine groups is 1. The van der Waals surface area contributed by atoms with Crippen LogP contribution in [0.4, 0.5) is 5.69 Å². The lowest BCUT2D eigenvalue weighted by Gasteiger charge is -2.61. The van der Waals surface area contributed by atoms with Gasteiger partial charge in [-0.3, -0.25) is 4.99 Å². The van der Waals surface area contributed by atoms with Crippen molar-refractivity contribution in [3.63, 3.8) is 0 Å². The molecule has 2 fully saturated rings. The van der Waals surface area contributed by atoms with Gasteiger partial charge in [-0.1, -0.05) is 30.7 Å². The molecule has 1 aromatic carbocycles. The Kier molecular flexibility index (Phi) is 5.39. The van der Waals surface area contributed by atoms with Gasteiger partial charge in [-0.25, -0.2) is 0 Å². The van der Waals surface area contributed by atoms with Crippen molar-refractivity contribution in [1.82, 2.24) is 10.6 Å². The molecule has 1 aromatic rings. The van der Waals surface area contributed by atoms with Crippen molar-refractivity contribution in [3.8, 4) is 0 Å². The second kappa shape index (κ2) is 7.93. The molecule has 1 heterocycles. The van der Waals surface area contributed by atoms with Crippen LogP contribution >= 0.6 is 0 Å². The van der Waals surface area contributed by atoms with E-state index in [0.29, 0.717) is 17.6 Å². The van der Waals surface area contributed by atoms with Gasteiger partial charge in [0.15, 0.2) is 5.96 Å². The number of nitrogens with zero attached hydrogens (tertiary/aromatic N) is 2. The van der Waals surface area contributed by atoms with Crippen molar-refractivity contribution in [2.24, 2.45) is 10.4 Å². The maximum Gasteiger partial charge on any atom is 0.191 e. The van der Waals surface area contributed by atoms with E-state index in [1.54, 1.807) is 0 Å². The summed E-state index contributed by atoms with van der Waals surface area (Å²) in [5, 5.41) is 7.16. The fourth-order valence-corrected chi connectivity index (χ4v) is 4.74. The number of hydrogen-bond donors (Lipinski definition) is 2. The highest BCUT2D eigenvalue weighted by atomic mass is 16.5. The Morgan fingerprint density at radius 1 is 1.30 bits per heavy atom. The third kappa shape index (κ3) is 3.57. The summed E-state index contributed by atoms with van der Waals surface area (Å²) in [4.78, 5) is 6.83. The van der Waals surface area contributed by atoms with Crippen molar-refractivity contribution in [2.45, 2.75) is 51.3 Å². The van der Waals surface area contributed by atoms with Crippen LogP contribution in [-0.4, -0.2) is 44.8 Å². The molecular formula is C22H32N4O. The number of ether oxygens (including phenoxy) is 1. The molecule has 1 spiro atoms. The molecule has 5 heteroatoms. The zero-order valence-corrected chi connectivity index (χ0v) is 16.6. The van der Waals surface area contributed by atoms with Crippen molar-refractivity contribution < 1.29 is 4.74 Å². The second-order valence-electron chi connectivity index (χ2n) is 7.94. The summed E-state index contributed by atoms with van der Waals surface area (Å²) in [7, 11) is 1.85. The number of nitrogens with one attached hydrogen (secondary N) is 2. The summed E-state index contributed by atoms with van der Waals surface area (Å²) >= 11 is 0. The molecule has 0 bridgehead atoms. The molecule has 0 radical (unpaired) electrons. The van der Waals surface area contributed by atoms with Gasteiger partial charge in [-0.05, 0) is 43.9 Å². The number of aliphatic imine (C=N–C) groups is 1. The first-order valence-electron chi connectivity index (χ1n) is 10.3. The molecule has 146 valence electrons. The van der Waals surface area contributed by atoms with Gasteiger partial charge in [0.25, 0.3) is 0 Å². The molecule has 1 aliphatic heterocycles. The Balaban J connectivity index is 1.32. The molecule has 2 atom stereocenters. The van der Waals surface area contributed by atoms with Crippen LogP contribution in [0.1, 0.15) is 38.2 Å². The maximum absolute atomic E-state index is 5.96. The summed E-state index contributed by atoms with van der Waals surface area (Å²) in [5.74, 6) is 0.898. The van der Waals surface area contributed by atoms with Crippen LogP contribution in [0.15, 0.2) is 41.4 Å². The van der Waals surface area contributed by atoms with Gasteiger partial charge in [0.2, 0.25) is 0 Å². The van der Waals surface area contributed by atoms with E-state index in [9.17, 15) is 0 Å². The van der Waals surface area contributed by atoms with Crippen LogP contribution in [0.25, 0.3) is 0 Å². The molecule has 0 amide bonds. The summed E-state index contributed by atoms with van der Waals surface area (Å²) in [5.41, 5.74) is 2.91. The lowest BCUT2D eigenvalue weighted by molar-refractivity contribution is -0.168. The molecule has 2 aliphatic carbocycles. The fraction of sp³-hybridized carbons (Fsp3) is 0.591. The Labute approximate surface area is 162 Å². The highest BCUT2D eigenvalue weighted by molar-refractivity contribution is 5.80. The fourth-order valence-electron chi connectivity index (χ4n) is 4.74. The van der Waals surface area contributed by atoms with Crippen LogP contribution in [0.5, 0.6) is 0 Å². The quantitative estimate of drug-likeness (QED) is 0.460. The first-order chi connectivity index (χ1) is 13.2. The zero-order chi connectivity index (χ0) is 18.7. The molecule has 27 heavy (non-hydrogen) atoms. The summed E-state index contributed by atoms with van der Waals surface area (Å²) in [6.45, 7) is 5.70. The maximum atomic E-state index is 5.96. The van der Waals surface area contributed by atoms with E-state index in [0.717, 1.165) is 38.6 Å². The topological polar surface area (TPSA) is 48.9 Å². The second-order valence-corrected chi connectivity index (χ2v) is 7.94. The normalized spacial score (nSPS) is 26.0. The highest BCUT2D eigenvalue weighted by Gasteiger charge is 2.59. The van der Waals surface area contributed by atoms with Gasteiger partial charge >= 0.3 is 0 Å². The van der Waals surface area contributed by atoms with Crippen LogP contribution in [0.2, 0.25) is 0 Å². The molecule has 5 nitrogen and oxygen atoms in total. The molecule has 4 rings (SSSR count). The summed E-state index contributed by atoms with van der Waals surface area (Å²) in [6.07, 6.45) is 9.84. The standard InChI is InChI=1S/C22H32N4O/c1-3-27-20-15-19(22(20)10-7-11-22)25-21(23-2)24-16-17-8-6-9-18(14-17)26-12-4-5-13-26/h4-6,8-9,14,19-20H,3,7,10-13,15-16H2,1-2H3,(H2,23,24,25). The monoisotopic (exact) mass is 368 g/mol. The third-order valence-corrected chi connectivity index (χ3v) is 6.53. The van der Waals surface area contributed by atoms with Crippen molar-refractivity contribution in [2.75, 3.05) is 31.6 Å². The van der Waals surface area contributed by atoms with Gasteiger partial charge < -0.3 is 20.3 Å². The van der Waals surface area contributed by atoms with E-state index in [4.69, 9.17) is 4.74 Å². The Morgan fingerprint density at radius 2 is 2.11 bits per heavy atom. The highest BCUT2D eigenvalue weighted by Crippen LogP contribution is 2.57. The lowest BCUT2D eigenvalue weighted by atomic mass is 9.51. The van der Waals surface area contributed by atoms with E-state index in [1.165, 1.54) is 30.5 Å². The van der Waals surface area contributed by atoms with Crippen LogP contribution in [0, 0.1) is 5.41 Å². The van der Waals surface area contributed by atoms with Crippen molar-refractivity contribution in [3.05, 3.63) is 42.0 Å². The van der Waals surface area contributed by atoms with Gasteiger partial charge in [0.05, 0.1) is 6.10 Å². The van der Waals surface area contributed by atoms with Gasteiger partial charge in [0.1, 0.15) is 0 Å². The van der Waals surface area contributed by atoms with E-state index >= 15 is 0 Å².